The normalized spacial score (nSPS) is 12.5. The lowest BCUT2D eigenvalue weighted by Gasteiger charge is -2.11. The van der Waals surface area contributed by atoms with E-state index < -0.39 is 0 Å². The van der Waals surface area contributed by atoms with Gasteiger partial charge in [-0.3, -0.25) is 4.98 Å². The highest BCUT2D eigenvalue weighted by Crippen LogP contribution is 2.29. The van der Waals surface area contributed by atoms with Crippen LogP contribution in [0, 0.1) is 0 Å². The highest BCUT2D eigenvalue weighted by Gasteiger charge is 2.15. The summed E-state index contributed by atoms with van der Waals surface area (Å²) in [6.45, 7) is 2.55. The number of hydrogen-bond donors (Lipinski definition) is 1. The number of pyridine rings is 1. The van der Waals surface area contributed by atoms with Crippen LogP contribution in [0.3, 0.4) is 0 Å². The Bertz CT molecular complexity index is 721. The molecule has 0 aliphatic heterocycles. The van der Waals surface area contributed by atoms with Crippen molar-refractivity contribution in [2.45, 2.75) is 13.0 Å². The third-order valence-electron chi connectivity index (χ3n) is 3.25. The lowest BCUT2D eigenvalue weighted by molar-refractivity contribution is 0.338. The van der Waals surface area contributed by atoms with E-state index >= 15 is 0 Å². The van der Waals surface area contributed by atoms with Gasteiger partial charge in [0, 0.05) is 17.1 Å². The molecule has 1 atom stereocenters. The fourth-order valence-corrected chi connectivity index (χ4v) is 2.27. The molecule has 3 aromatic rings. The monoisotopic (exact) mass is 268 g/mol. The fourth-order valence-electron chi connectivity index (χ4n) is 2.27. The molecule has 0 amide bonds. The average Bonchev–Trinajstić information content (AvgIpc) is 2.91. The van der Waals surface area contributed by atoms with Crippen LogP contribution in [0.1, 0.15) is 24.1 Å². The Morgan fingerprint density at radius 3 is 3.00 bits per heavy atom. The molecule has 4 nitrogen and oxygen atoms in total. The first-order valence-corrected chi connectivity index (χ1v) is 6.59. The second kappa shape index (κ2) is 5.35. The standard InChI is InChI=1S/C16H16N2O2/c1-2-19-12-7-11(8-18-9-12)16(17)14-10-20-15-6-4-3-5-13(14)15/h3-10,16H,2,17H2,1H3. The van der Waals surface area contributed by atoms with Crippen molar-refractivity contribution < 1.29 is 9.15 Å². The van der Waals surface area contributed by atoms with Gasteiger partial charge in [-0.2, -0.15) is 0 Å². The summed E-state index contributed by atoms with van der Waals surface area (Å²) in [7, 11) is 0. The number of benzene rings is 1. The smallest absolute Gasteiger partial charge is 0.137 e. The number of nitrogens with two attached hydrogens (primary N) is 1. The van der Waals surface area contributed by atoms with E-state index in [9.17, 15) is 0 Å². The number of para-hydroxylation sites is 1. The average molecular weight is 268 g/mol. The van der Waals surface area contributed by atoms with E-state index in [-0.39, 0.29) is 6.04 Å². The summed E-state index contributed by atoms with van der Waals surface area (Å²) in [5.41, 5.74) is 9.04. The second-order valence-electron chi connectivity index (χ2n) is 4.55. The van der Waals surface area contributed by atoms with Gasteiger partial charge in [0.25, 0.3) is 0 Å². The molecule has 0 radical (unpaired) electrons. The molecule has 0 aliphatic rings. The maximum Gasteiger partial charge on any atom is 0.137 e. The lowest BCUT2D eigenvalue weighted by Crippen LogP contribution is -2.11. The molecular weight excluding hydrogens is 252 g/mol. The molecule has 20 heavy (non-hydrogen) atoms. The van der Waals surface area contributed by atoms with Gasteiger partial charge in [-0.15, -0.1) is 0 Å². The van der Waals surface area contributed by atoms with E-state index in [2.05, 4.69) is 4.98 Å². The van der Waals surface area contributed by atoms with Crippen LogP contribution in [0.25, 0.3) is 11.0 Å². The largest absolute Gasteiger partial charge is 0.492 e. The van der Waals surface area contributed by atoms with Gasteiger partial charge >= 0.3 is 0 Å². The van der Waals surface area contributed by atoms with Crippen LogP contribution in [0.2, 0.25) is 0 Å². The summed E-state index contributed by atoms with van der Waals surface area (Å²) in [6, 6.07) is 9.49. The van der Waals surface area contributed by atoms with E-state index in [1.807, 2.05) is 37.3 Å². The third-order valence-corrected chi connectivity index (χ3v) is 3.25. The van der Waals surface area contributed by atoms with Gasteiger partial charge in [-0.25, -0.2) is 0 Å². The predicted molar refractivity (Wildman–Crippen MR) is 77.7 cm³/mol. The van der Waals surface area contributed by atoms with Crippen LogP contribution in [0.4, 0.5) is 0 Å². The molecule has 0 bridgehead atoms. The molecule has 0 saturated heterocycles. The second-order valence-corrected chi connectivity index (χ2v) is 4.55. The van der Waals surface area contributed by atoms with Crippen molar-refractivity contribution in [1.82, 2.24) is 4.98 Å². The number of furan rings is 1. The topological polar surface area (TPSA) is 61.3 Å². The maximum absolute atomic E-state index is 6.34. The highest BCUT2D eigenvalue weighted by atomic mass is 16.5. The van der Waals surface area contributed by atoms with Crippen molar-refractivity contribution in [1.29, 1.82) is 0 Å². The molecule has 2 N–H and O–H groups in total. The Hall–Kier alpha value is -2.33. The zero-order valence-corrected chi connectivity index (χ0v) is 11.2. The number of nitrogens with zero attached hydrogens (tertiary/aromatic N) is 1. The van der Waals surface area contributed by atoms with Crippen molar-refractivity contribution in [3.05, 3.63) is 60.1 Å². The molecular formula is C16H16N2O2. The maximum atomic E-state index is 6.34. The molecule has 1 aromatic carbocycles. The summed E-state index contributed by atoms with van der Waals surface area (Å²) < 4.78 is 11.0. The van der Waals surface area contributed by atoms with E-state index in [1.165, 1.54) is 0 Å². The lowest BCUT2D eigenvalue weighted by atomic mass is 10.0. The van der Waals surface area contributed by atoms with Crippen molar-refractivity contribution in [3.63, 3.8) is 0 Å². The Labute approximate surface area is 117 Å². The Balaban J connectivity index is 1.99. The summed E-state index contributed by atoms with van der Waals surface area (Å²) in [5, 5.41) is 1.03. The van der Waals surface area contributed by atoms with Gasteiger partial charge in [0.1, 0.15) is 11.3 Å². The third kappa shape index (κ3) is 2.26. The van der Waals surface area contributed by atoms with E-state index in [4.69, 9.17) is 14.9 Å². The Morgan fingerprint density at radius 1 is 1.30 bits per heavy atom. The van der Waals surface area contributed by atoms with E-state index in [0.717, 1.165) is 27.8 Å². The number of rotatable bonds is 4. The first-order valence-electron chi connectivity index (χ1n) is 6.59. The molecule has 0 aliphatic carbocycles. The highest BCUT2D eigenvalue weighted by molar-refractivity contribution is 5.81. The molecule has 3 rings (SSSR count). The molecule has 1 unspecified atom stereocenters. The number of aromatic nitrogens is 1. The minimum atomic E-state index is -0.286. The molecule has 102 valence electrons. The predicted octanol–water partition coefficient (Wildman–Crippen LogP) is 3.27. The SMILES string of the molecule is CCOc1cncc(C(N)c2coc3ccccc23)c1. The van der Waals surface area contributed by atoms with Gasteiger partial charge in [-0.05, 0) is 24.6 Å². The zero-order chi connectivity index (χ0) is 13.9. The summed E-state index contributed by atoms with van der Waals surface area (Å²) >= 11 is 0. The number of ether oxygens (including phenoxy) is 1. The molecule has 2 heterocycles. The van der Waals surface area contributed by atoms with Crippen molar-refractivity contribution in [3.8, 4) is 5.75 Å². The van der Waals surface area contributed by atoms with Gasteiger partial charge in [0.2, 0.25) is 0 Å². The van der Waals surface area contributed by atoms with Crippen LogP contribution in [-0.2, 0) is 0 Å². The van der Waals surface area contributed by atoms with Gasteiger partial charge in [0.05, 0.1) is 25.1 Å². The molecule has 0 fully saturated rings. The van der Waals surface area contributed by atoms with Crippen LogP contribution >= 0.6 is 0 Å². The Kier molecular flexibility index (Phi) is 3.39. The van der Waals surface area contributed by atoms with Gasteiger partial charge in [0.15, 0.2) is 0 Å². The zero-order valence-electron chi connectivity index (χ0n) is 11.2. The molecule has 0 spiro atoms. The van der Waals surface area contributed by atoms with Gasteiger partial charge in [-0.1, -0.05) is 18.2 Å². The van der Waals surface area contributed by atoms with E-state index in [0.29, 0.717) is 6.61 Å². The summed E-state index contributed by atoms with van der Waals surface area (Å²) in [5.74, 6) is 0.730. The van der Waals surface area contributed by atoms with Crippen molar-refractivity contribution in [2.75, 3.05) is 6.61 Å². The number of fused-ring (bicyclic) bond motifs is 1. The summed E-state index contributed by atoms with van der Waals surface area (Å²) in [6.07, 6.45) is 5.16. The minimum Gasteiger partial charge on any atom is -0.492 e. The minimum absolute atomic E-state index is 0.286. The number of hydrogen-bond acceptors (Lipinski definition) is 4. The molecule has 2 aromatic heterocycles. The first kappa shape index (κ1) is 12.7. The van der Waals surface area contributed by atoms with Crippen molar-refractivity contribution in [2.24, 2.45) is 5.73 Å². The van der Waals surface area contributed by atoms with Gasteiger partial charge < -0.3 is 14.9 Å². The summed E-state index contributed by atoms with van der Waals surface area (Å²) in [4.78, 5) is 4.18. The van der Waals surface area contributed by atoms with Crippen LogP contribution in [0.15, 0.2) is 53.4 Å². The van der Waals surface area contributed by atoms with E-state index in [1.54, 1.807) is 18.7 Å². The van der Waals surface area contributed by atoms with Crippen LogP contribution < -0.4 is 10.5 Å². The molecule has 0 saturated carbocycles. The Morgan fingerprint density at radius 2 is 2.15 bits per heavy atom. The van der Waals surface area contributed by atoms with Crippen LogP contribution in [-0.4, -0.2) is 11.6 Å². The van der Waals surface area contributed by atoms with Crippen LogP contribution in [0.5, 0.6) is 5.75 Å². The van der Waals surface area contributed by atoms with Crippen molar-refractivity contribution >= 4 is 11.0 Å². The molecule has 4 heteroatoms. The fraction of sp³-hybridized carbons (Fsp3) is 0.188. The quantitative estimate of drug-likeness (QED) is 0.788. The first-order chi connectivity index (χ1) is 9.79.